The van der Waals surface area contributed by atoms with Crippen LogP contribution < -0.4 is 19.5 Å². The number of hydrogen-bond acceptors (Lipinski definition) is 7. The van der Waals surface area contributed by atoms with E-state index in [1.165, 1.54) is 33.0 Å². The molecule has 0 fully saturated rings. The number of nitrogens with one attached hydrogen (secondary N) is 1. The second-order valence-electron chi connectivity index (χ2n) is 7.08. The van der Waals surface area contributed by atoms with Gasteiger partial charge in [-0.05, 0) is 31.6 Å². The molecule has 0 unspecified atom stereocenters. The highest BCUT2D eigenvalue weighted by atomic mass is 16.6. The molecule has 0 aliphatic heterocycles. The summed E-state index contributed by atoms with van der Waals surface area (Å²) in [6.07, 6.45) is 0.939. The van der Waals surface area contributed by atoms with Gasteiger partial charge in [-0.2, -0.15) is 0 Å². The van der Waals surface area contributed by atoms with Gasteiger partial charge >= 0.3 is 5.69 Å². The second-order valence-corrected chi connectivity index (χ2v) is 7.08. The largest absolute Gasteiger partial charge is 0.493 e. The fraction of sp³-hybridized carbons (Fsp3) is 0.409. The zero-order valence-electron chi connectivity index (χ0n) is 18.7. The Hall–Kier alpha value is -3.33. The molecular formula is C22H29N3O6. The molecule has 31 heavy (non-hydrogen) atoms. The maximum absolute atomic E-state index is 13.0. The third-order valence-corrected chi connectivity index (χ3v) is 5.08. The first-order valence-electron chi connectivity index (χ1n) is 9.79. The number of nitro groups is 1. The first-order chi connectivity index (χ1) is 14.8. The van der Waals surface area contributed by atoms with E-state index in [1.54, 1.807) is 0 Å². The van der Waals surface area contributed by atoms with Gasteiger partial charge in [0, 0.05) is 12.6 Å². The van der Waals surface area contributed by atoms with E-state index in [0.717, 1.165) is 12.0 Å². The summed E-state index contributed by atoms with van der Waals surface area (Å²) in [6, 6.07) is 9.33. The van der Waals surface area contributed by atoms with Crippen LogP contribution in [0.25, 0.3) is 0 Å². The van der Waals surface area contributed by atoms with Crippen LogP contribution in [0.4, 0.5) is 5.69 Å². The Kier molecular flexibility index (Phi) is 8.21. The van der Waals surface area contributed by atoms with Crippen molar-refractivity contribution in [3.05, 3.63) is 57.1 Å². The molecule has 0 spiro atoms. The van der Waals surface area contributed by atoms with Gasteiger partial charge in [-0.3, -0.25) is 14.9 Å². The Morgan fingerprint density at radius 3 is 2.16 bits per heavy atom. The summed E-state index contributed by atoms with van der Waals surface area (Å²) >= 11 is 0. The van der Waals surface area contributed by atoms with Crippen molar-refractivity contribution in [2.45, 2.75) is 19.4 Å². The van der Waals surface area contributed by atoms with E-state index in [0.29, 0.717) is 0 Å². The van der Waals surface area contributed by atoms with Gasteiger partial charge in [-0.25, -0.2) is 0 Å². The first kappa shape index (κ1) is 23.9. The van der Waals surface area contributed by atoms with E-state index < -0.39 is 16.5 Å². The Bertz CT molecular complexity index is 928. The first-order valence-corrected chi connectivity index (χ1v) is 9.79. The zero-order valence-corrected chi connectivity index (χ0v) is 18.7. The maximum atomic E-state index is 13.0. The molecule has 1 N–H and O–H groups in total. The number of nitro benzene ring substituents is 1. The second kappa shape index (κ2) is 10.6. The summed E-state index contributed by atoms with van der Waals surface area (Å²) in [5.41, 5.74) is 1.60. The van der Waals surface area contributed by atoms with Crippen molar-refractivity contribution in [1.82, 2.24) is 10.2 Å². The molecule has 0 radical (unpaired) electrons. The highest BCUT2D eigenvalue weighted by Gasteiger charge is 2.32. The van der Waals surface area contributed by atoms with Crippen LogP contribution in [0.15, 0.2) is 30.3 Å². The van der Waals surface area contributed by atoms with Crippen LogP contribution in [0, 0.1) is 10.1 Å². The van der Waals surface area contributed by atoms with Crippen molar-refractivity contribution < 1.29 is 23.9 Å². The Morgan fingerprint density at radius 2 is 1.71 bits per heavy atom. The monoisotopic (exact) mass is 431 g/mol. The number of carbonyl (C=O) groups is 1. The van der Waals surface area contributed by atoms with Crippen LogP contribution in [0.5, 0.6) is 17.2 Å². The van der Waals surface area contributed by atoms with Crippen molar-refractivity contribution in [1.29, 1.82) is 0 Å². The van der Waals surface area contributed by atoms with E-state index in [1.807, 2.05) is 31.1 Å². The van der Waals surface area contributed by atoms with Gasteiger partial charge in [-0.1, -0.05) is 31.2 Å². The number of ether oxygens (including phenoxy) is 3. The van der Waals surface area contributed by atoms with Crippen LogP contribution in [-0.4, -0.2) is 57.7 Å². The molecule has 1 amide bonds. The van der Waals surface area contributed by atoms with Gasteiger partial charge < -0.3 is 24.4 Å². The number of amides is 1. The zero-order chi connectivity index (χ0) is 23.1. The van der Waals surface area contributed by atoms with Crippen LogP contribution in [0.3, 0.4) is 0 Å². The van der Waals surface area contributed by atoms with Gasteiger partial charge in [0.1, 0.15) is 5.56 Å². The SMILES string of the molecule is CCc1ccc([C@H](CNC(=O)c2cc(OC)c(OC)c(OC)c2[N+](=O)[O-])N(C)C)cc1. The molecule has 0 saturated carbocycles. The molecule has 0 aromatic heterocycles. The van der Waals surface area contributed by atoms with E-state index >= 15 is 0 Å². The van der Waals surface area contributed by atoms with Crippen molar-refractivity contribution >= 4 is 11.6 Å². The van der Waals surface area contributed by atoms with E-state index in [-0.39, 0.29) is 35.4 Å². The molecular weight excluding hydrogens is 402 g/mol. The highest BCUT2D eigenvalue weighted by molar-refractivity contribution is 6.00. The lowest BCUT2D eigenvalue weighted by molar-refractivity contribution is -0.386. The lowest BCUT2D eigenvalue weighted by atomic mass is 10.0. The van der Waals surface area contributed by atoms with Crippen LogP contribution in [0.2, 0.25) is 0 Å². The molecule has 1 atom stereocenters. The number of methoxy groups -OCH3 is 3. The van der Waals surface area contributed by atoms with Crippen molar-refractivity contribution in [3.63, 3.8) is 0 Å². The Labute approximate surface area is 182 Å². The fourth-order valence-corrected chi connectivity index (χ4v) is 3.35. The molecule has 2 rings (SSSR count). The predicted octanol–water partition coefficient (Wildman–Crippen LogP) is 3.22. The average molecular weight is 431 g/mol. The lowest BCUT2D eigenvalue weighted by Crippen LogP contribution is -2.34. The number of hydrogen-bond donors (Lipinski definition) is 1. The van der Waals surface area contributed by atoms with E-state index in [9.17, 15) is 14.9 Å². The summed E-state index contributed by atoms with van der Waals surface area (Å²) in [5, 5.41) is 14.5. The summed E-state index contributed by atoms with van der Waals surface area (Å²) < 4.78 is 15.6. The third-order valence-electron chi connectivity index (χ3n) is 5.08. The molecule has 0 heterocycles. The molecule has 9 nitrogen and oxygen atoms in total. The molecule has 0 saturated heterocycles. The topological polar surface area (TPSA) is 103 Å². The Balaban J connectivity index is 2.37. The molecule has 9 heteroatoms. The normalized spacial score (nSPS) is 11.7. The molecule has 2 aromatic carbocycles. The minimum atomic E-state index is -0.664. The van der Waals surface area contributed by atoms with Gasteiger partial charge in [-0.15, -0.1) is 0 Å². The third kappa shape index (κ3) is 5.24. The average Bonchev–Trinajstić information content (AvgIpc) is 2.77. The molecule has 168 valence electrons. The summed E-state index contributed by atoms with van der Waals surface area (Å²) in [7, 11) is 7.81. The van der Waals surface area contributed by atoms with Gasteiger partial charge in [0.05, 0.1) is 32.3 Å². The number of carbonyl (C=O) groups excluding carboxylic acids is 1. The quantitative estimate of drug-likeness (QED) is 0.455. The van der Waals surface area contributed by atoms with Crippen LogP contribution in [0.1, 0.15) is 34.5 Å². The predicted molar refractivity (Wildman–Crippen MR) is 117 cm³/mol. The number of likely N-dealkylation sites (N-methyl/N-ethyl adjacent to an activating group) is 1. The van der Waals surface area contributed by atoms with Crippen molar-refractivity contribution in [3.8, 4) is 17.2 Å². The molecule has 0 bridgehead atoms. The van der Waals surface area contributed by atoms with Crippen LogP contribution >= 0.6 is 0 Å². The number of aryl methyl sites for hydroxylation is 1. The fourth-order valence-electron chi connectivity index (χ4n) is 3.35. The lowest BCUT2D eigenvalue weighted by Gasteiger charge is -2.25. The Morgan fingerprint density at radius 1 is 1.10 bits per heavy atom. The standard InChI is InChI=1S/C22H29N3O6/c1-7-14-8-10-15(11-9-14)17(24(2)3)13-23-22(26)16-12-18(29-4)20(30-5)21(31-6)19(16)25(27)28/h8-12,17H,7,13H2,1-6H3,(H,23,26)/t17-/m0/s1. The molecule has 0 aliphatic rings. The number of nitrogens with zero attached hydrogens (tertiary/aromatic N) is 2. The van der Waals surface area contributed by atoms with Gasteiger partial charge in [0.25, 0.3) is 5.91 Å². The van der Waals surface area contributed by atoms with Gasteiger partial charge in [0.2, 0.25) is 11.5 Å². The maximum Gasteiger partial charge on any atom is 0.327 e. The number of benzene rings is 2. The summed E-state index contributed by atoms with van der Waals surface area (Å²) in [6.45, 7) is 2.34. The molecule has 0 aliphatic carbocycles. The minimum Gasteiger partial charge on any atom is -0.493 e. The molecule has 2 aromatic rings. The highest BCUT2D eigenvalue weighted by Crippen LogP contribution is 2.46. The number of rotatable bonds is 10. The van der Waals surface area contributed by atoms with E-state index in [2.05, 4.69) is 24.4 Å². The van der Waals surface area contributed by atoms with Crippen molar-refractivity contribution in [2.75, 3.05) is 42.0 Å². The smallest absolute Gasteiger partial charge is 0.327 e. The summed E-state index contributed by atoms with van der Waals surface area (Å²) in [4.78, 5) is 26.0. The summed E-state index contributed by atoms with van der Waals surface area (Å²) in [5.74, 6) is -0.566. The van der Waals surface area contributed by atoms with E-state index in [4.69, 9.17) is 14.2 Å². The van der Waals surface area contributed by atoms with Gasteiger partial charge in [0.15, 0.2) is 5.75 Å². The van der Waals surface area contributed by atoms with Crippen molar-refractivity contribution in [2.24, 2.45) is 0 Å². The minimum absolute atomic E-state index is 0.0513. The van der Waals surface area contributed by atoms with Crippen LogP contribution in [-0.2, 0) is 6.42 Å².